The number of aryl methyl sites for hydroxylation is 1. The second kappa shape index (κ2) is 5.18. The largest absolute Gasteiger partial charge is 0.496 e. The zero-order valence-electron chi connectivity index (χ0n) is 13.0. The molecule has 3 nitrogen and oxygen atoms in total. The Kier molecular flexibility index (Phi) is 3.16. The summed E-state index contributed by atoms with van der Waals surface area (Å²) in [6.07, 6.45) is 2.14. The molecular formula is C19H20N2O. The molecule has 4 rings (SSSR count). The van der Waals surface area contributed by atoms with E-state index in [4.69, 9.17) is 4.74 Å². The van der Waals surface area contributed by atoms with Crippen molar-refractivity contribution in [2.45, 2.75) is 26.6 Å². The molecule has 3 heteroatoms. The Balaban J connectivity index is 1.60. The first-order chi connectivity index (χ1) is 10.7. The molecule has 0 radical (unpaired) electrons. The fraction of sp³-hybridized carbons (Fsp3) is 0.263. The molecule has 0 saturated carbocycles. The summed E-state index contributed by atoms with van der Waals surface area (Å²) in [7, 11) is 1.75. The average molecular weight is 292 g/mol. The zero-order valence-corrected chi connectivity index (χ0v) is 13.0. The van der Waals surface area contributed by atoms with Gasteiger partial charge in [0, 0.05) is 42.3 Å². The van der Waals surface area contributed by atoms with Gasteiger partial charge >= 0.3 is 0 Å². The highest BCUT2D eigenvalue weighted by molar-refractivity contribution is 5.83. The van der Waals surface area contributed by atoms with Crippen molar-refractivity contribution >= 4 is 10.9 Å². The van der Waals surface area contributed by atoms with Crippen molar-refractivity contribution in [2.24, 2.45) is 0 Å². The van der Waals surface area contributed by atoms with E-state index in [0.29, 0.717) is 0 Å². The molecule has 0 atom stereocenters. The number of nitrogens with one attached hydrogen (secondary N) is 1. The van der Waals surface area contributed by atoms with Crippen LogP contribution in [0.4, 0.5) is 0 Å². The summed E-state index contributed by atoms with van der Waals surface area (Å²) in [4.78, 5) is 5.86. The minimum Gasteiger partial charge on any atom is -0.496 e. The van der Waals surface area contributed by atoms with Crippen molar-refractivity contribution in [3.05, 3.63) is 64.8 Å². The molecule has 1 aliphatic heterocycles. The van der Waals surface area contributed by atoms with Gasteiger partial charge in [-0.3, -0.25) is 4.90 Å². The van der Waals surface area contributed by atoms with E-state index < -0.39 is 0 Å². The second-order valence-electron chi connectivity index (χ2n) is 6.11. The van der Waals surface area contributed by atoms with E-state index in [1.165, 1.54) is 33.2 Å². The van der Waals surface area contributed by atoms with E-state index >= 15 is 0 Å². The topological polar surface area (TPSA) is 28.3 Å². The van der Waals surface area contributed by atoms with Gasteiger partial charge in [0.15, 0.2) is 0 Å². The van der Waals surface area contributed by atoms with Crippen molar-refractivity contribution in [3.63, 3.8) is 0 Å². The van der Waals surface area contributed by atoms with Crippen molar-refractivity contribution in [1.82, 2.24) is 9.88 Å². The number of aromatic nitrogens is 1. The van der Waals surface area contributed by atoms with E-state index in [1.807, 2.05) is 0 Å². The number of ether oxygens (including phenoxy) is 1. The second-order valence-corrected chi connectivity index (χ2v) is 6.11. The number of hydrogen-bond donors (Lipinski definition) is 1. The predicted octanol–water partition coefficient (Wildman–Crippen LogP) is 4.00. The van der Waals surface area contributed by atoms with Crippen LogP contribution in [0, 0.1) is 6.92 Å². The maximum atomic E-state index is 5.49. The van der Waals surface area contributed by atoms with Crippen LogP contribution in [0.3, 0.4) is 0 Å². The van der Waals surface area contributed by atoms with E-state index in [9.17, 15) is 0 Å². The number of rotatable bonds is 3. The lowest BCUT2D eigenvalue weighted by Gasteiger charge is -2.14. The van der Waals surface area contributed by atoms with Gasteiger partial charge in [0.25, 0.3) is 0 Å². The third-order valence-corrected chi connectivity index (χ3v) is 4.54. The standard InChI is InChI=1S/C19H20N2O/c1-13-6-7-16-15(9-20-18(16)8-13)11-21-10-14-4-3-5-19(22-2)17(14)12-21/h3-9,20H,10-12H2,1-2H3. The third-order valence-electron chi connectivity index (χ3n) is 4.54. The van der Waals surface area contributed by atoms with Gasteiger partial charge in [-0.2, -0.15) is 0 Å². The number of nitrogens with zero attached hydrogens (tertiary/aromatic N) is 1. The van der Waals surface area contributed by atoms with E-state index in [2.05, 4.69) is 59.4 Å². The SMILES string of the molecule is COc1cccc2c1CN(Cc1c[nH]c3cc(C)ccc13)C2. The van der Waals surface area contributed by atoms with E-state index in [-0.39, 0.29) is 0 Å². The normalized spacial score (nSPS) is 14.5. The highest BCUT2D eigenvalue weighted by Gasteiger charge is 2.22. The minimum absolute atomic E-state index is 0.956. The first-order valence-corrected chi connectivity index (χ1v) is 7.68. The fourth-order valence-electron chi connectivity index (χ4n) is 3.43. The van der Waals surface area contributed by atoms with Gasteiger partial charge in [0.2, 0.25) is 0 Å². The van der Waals surface area contributed by atoms with Crippen LogP contribution in [-0.4, -0.2) is 17.0 Å². The zero-order chi connectivity index (χ0) is 15.1. The number of H-pyrrole nitrogens is 1. The van der Waals surface area contributed by atoms with E-state index in [1.54, 1.807) is 7.11 Å². The van der Waals surface area contributed by atoms with Crippen molar-refractivity contribution in [3.8, 4) is 5.75 Å². The molecule has 0 unspecified atom stereocenters. The first-order valence-electron chi connectivity index (χ1n) is 7.68. The summed E-state index contributed by atoms with van der Waals surface area (Å²) in [6, 6.07) is 12.9. The highest BCUT2D eigenvalue weighted by atomic mass is 16.5. The van der Waals surface area contributed by atoms with Crippen LogP contribution in [-0.2, 0) is 19.6 Å². The molecule has 0 bridgehead atoms. The van der Waals surface area contributed by atoms with Crippen LogP contribution in [0.5, 0.6) is 5.75 Å². The Morgan fingerprint density at radius 3 is 2.95 bits per heavy atom. The van der Waals surface area contributed by atoms with Crippen LogP contribution < -0.4 is 4.74 Å². The predicted molar refractivity (Wildman–Crippen MR) is 89.0 cm³/mol. The quantitative estimate of drug-likeness (QED) is 0.790. The Morgan fingerprint density at radius 1 is 1.18 bits per heavy atom. The van der Waals surface area contributed by atoms with E-state index in [0.717, 1.165) is 25.4 Å². The van der Waals surface area contributed by atoms with Crippen molar-refractivity contribution in [2.75, 3.05) is 7.11 Å². The molecule has 0 aliphatic carbocycles. The molecule has 3 aromatic rings. The Hall–Kier alpha value is -2.26. The number of fused-ring (bicyclic) bond motifs is 2. The highest BCUT2D eigenvalue weighted by Crippen LogP contribution is 2.32. The van der Waals surface area contributed by atoms with Gasteiger partial charge in [0.05, 0.1) is 7.11 Å². The summed E-state index contributed by atoms with van der Waals surface area (Å²) in [5.41, 5.74) is 6.60. The number of methoxy groups -OCH3 is 1. The van der Waals surface area contributed by atoms with Gasteiger partial charge in [0.1, 0.15) is 5.75 Å². The molecule has 2 heterocycles. The smallest absolute Gasteiger partial charge is 0.123 e. The minimum atomic E-state index is 0.956. The summed E-state index contributed by atoms with van der Waals surface area (Å²) in [5, 5.41) is 1.33. The molecule has 112 valence electrons. The molecule has 1 N–H and O–H groups in total. The molecule has 0 amide bonds. The number of benzene rings is 2. The third kappa shape index (κ3) is 2.18. The lowest BCUT2D eigenvalue weighted by Crippen LogP contribution is -2.15. The van der Waals surface area contributed by atoms with Crippen molar-refractivity contribution < 1.29 is 4.74 Å². The fourth-order valence-corrected chi connectivity index (χ4v) is 3.43. The Morgan fingerprint density at radius 2 is 2.09 bits per heavy atom. The first kappa shape index (κ1) is 13.4. The maximum absolute atomic E-state index is 5.49. The molecular weight excluding hydrogens is 272 g/mol. The van der Waals surface area contributed by atoms with Gasteiger partial charge in [-0.05, 0) is 35.7 Å². The number of hydrogen-bond acceptors (Lipinski definition) is 2. The summed E-state index contributed by atoms with van der Waals surface area (Å²) >= 11 is 0. The monoisotopic (exact) mass is 292 g/mol. The average Bonchev–Trinajstić information content (AvgIpc) is 3.10. The Bertz CT molecular complexity index is 835. The van der Waals surface area contributed by atoms with Crippen LogP contribution in [0.2, 0.25) is 0 Å². The van der Waals surface area contributed by atoms with Gasteiger partial charge < -0.3 is 9.72 Å². The lowest BCUT2D eigenvalue weighted by molar-refractivity contribution is 0.274. The summed E-state index contributed by atoms with van der Waals surface area (Å²) < 4.78 is 5.49. The lowest BCUT2D eigenvalue weighted by atomic mass is 10.1. The molecule has 0 saturated heterocycles. The van der Waals surface area contributed by atoms with Gasteiger partial charge in [-0.1, -0.05) is 24.3 Å². The molecule has 0 spiro atoms. The van der Waals surface area contributed by atoms with Gasteiger partial charge in [-0.25, -0.2) is 0 Å². The number of aromatic amines is 1. The van der Waals surface area contributed by atoms with Gasteiger partial charge in [-0.15, -0.1) is 0 Å². The van der Waals surface area contributed by atoms with Crippen LogP contribution in [0.15, 0.2) is 42.6 Å². The summed E-state index contributed by atoms with van der Waals surface area (Å²) in [6.45, 7) is 5.03. The molecule has 1 aliphatic rings. The Labute approximate surface area is 130 Å². The maximum Gasteiger partial charge on any atom is 0.123 e. The van der Waals surface area contributed by atoms with Crippen LogP contribution in [0.1, 0.15) is 22.3 Å². The molecule has 0 fully saturated rings. The molecule has 2 aromatic carbocycles. The molecule has 1 aromatic heterocycles. The summed E-state index contributed by atoms with van der Waals surface area (Å²) in [5.74, 6) is 1.01. The van der Waals surface area contributed by atoms with Crippen molar-refractivity contribution in [1.29, 1.82) is 0 Å². The van der Waals surface area contributed by atoms with Crippen LogP contribution in [0.25, 0.3) is 10.9 Å². The van der Waals surface area contributed by atoms with Crippen LogP contribution >= 0.6 is 0 Å². The molecule has 22 heavy (non-hydrogen) atoms.